The van der Waals surface area contributed by atoms with Crippen LogP contribution in [-0.2, 0) is 37.0 Å². The number of alkyl carbamates (subject to hydrolysis) is 2. The Morgan fingerprint density at radius 1 is 0.758 bits per heavy atom. The Morgan fingerprint density at radius 3 is 1.77 bits per heavy atom. The number of methoxy groups -OCH3 is 3. The zero-order valence-electron chi connectivity index (χ0n) is 36.5. The molecule has 4 amide bonds. The third-order valence-electron chi connectivity index (χ3n) is 12.6. The largest absolute Gasteiger partial charge is 0.488 e. The van der Waals surface area contributed by atoms with Gasteiger partial charge in [0.05, 0.1) is 56.7 Å². The maximum Gasteiger partial charge on any atom is 0.407 e. The molecule has 2 fully saturated rings. The highest BCUT2D eigenvalue weighted by atomic mass is 16.5. The maximum atomic E-state index is 14.0. The predicted molar refractivity (Wildman–Crippen MR) is 227 cm³/mol. The normalized spacial score (nSPS) is 20.9. The number of benzene rings is 2. The molecule has 8 rings (SSSR count). The Hall–Kier alpha value is -6.10. The number of imidazole rings is 2. The van der Waals surface area contributed by atoms with Gasteiger partial charge in [0.25, 0.3) is 0 Å². The van der Waals surface area contributed by atoms with Crippen molar-refractivity contribution >= 4 is 24.0 Å². The number of ether oxygens (including phenoxy) is 5. The number of carbonyl (C=O) groups excluding carboxylic acids is 4. The lowest BCUT2D eigenvalue weighted by atomic mass is 9.87. The lowest BCUT2D eigenvalue weighted by Crippen LogP contribution is -2.52. The van der Waals surface area contributed by atoms with Crippen molar-refractivity contribution in [2.45, 2.75) is 97.3 Å². The molecule has 6 atom stereocenters. The minimum atomic E-state index is -0.765. The topological polar surface area (TPSA) is 202 Å². The smallest absolute Gasteiger partial charge is 0.407 e. The van der Waals surface area contributed by atoms with Gasteiger partial charge in [-0.05, 0) is 62.3 Å². The number of rotatable bonds is 12. The lowest BCUT2D eigenvalue weighted by molar-refractivity contribution is -0.137. The number of nitrogens with one attached hydrogen (secondary N) is 4. The minimum Gasteiger partial charge on any atom is -0.488 e. The monoisotopic (exact) mass is 852 g/mol. The van der Waals surface area contributed by atoms with E-state index in [2.05, 4.69) is 32.7 Å². The average molecular weight is 853 g/mol. The van der Waals surface area contributed by atoms with Crippen molar-refractivity contribution < 1.29 is 42.9 Å². The van der Waals surface area contributed by atoms with Crippen LogP contribution >= 0.6 is 0 Å². The van der Waals surface area contributed by atoms with Crippen LogP contribution in [0.2, 0.25) is 0 Å². The molecule has 330 valence electrons. The molecule has 0 saturated carbocycles. The summed E-state index contributed by atoms with van der Waals surface area (Å²) in [6.45, 7) is 11.2. The van der Waals surface area contributed by atoms with Gasteiger partial charge in [-0.1, -0.05) is 27.7 Å². The Morgan fingerprint density at radius 2 is 1.27 bits per heavy atom. The average Bonchev–Trinajstić information content (AvgIpc) is 4.09. The standard InChI is InChI=1S/C45H56N8O9/c1-22(2)38(50-44(56)59-7)42(54)52-18-25(19-58-6)11-33(52)41-47-17-31(49-41)27-13-29-21-61-34-14-26(12-28-20-62-35(15-27)37(29)36(28)34)30-16-46-40(48-30)32-10-9-24(5)53(32)43(55)39(23(3)4)51-45(57)60-8/h12-17,22-25,32-33,38-39H,9-11,18-21H2,1-8H3,(H,46,48)(H,47,49)(H,50,56)(H,51,57)/t24-,25-,32?,33-,38-,39-/m0/s1. The number of nitrogens with zero attached hydrogens (tertiary/aromatic N) is 4. The van der Waals surface area contributed by atoms with E-state index < -0.39 is 24.3 Å². The molecular formula is C45H56N8O9. The zero-order chi connectivity index (χ0) is 44.0. The molecule has 2 saturated heterocycles. The van der Waals surface area contributed by atoms with Crippen LogP contribution in [0.1, 0.15) is 88.7 Å². The summed E-state index contributed by atoms with van der Waals surface area (Å²) in [4.78, 5) is 72.4. The highest BCUT2D eigenvalue weighted by molar-refractivity contribution is 5.89. The lowest BCUT2D eigenvalue weighted by Gasteiger charge is -2.33. The van der Waals surface area contributed by atoms with Crippen LogP contribution in [0.4, 0.5) is 9.59 Å². The van der Waals surface area contributed by atoms with Crippen molar-refractivity contribution in [1.29, 1.82) is 0 Å². The number of aromatic nitrogens is 4. The van der Waals surface area contributed by atoms with Gasteiger partial charge in [0.2, 0.25) is 11.8 Å². The molecule has 0 spiro atoms. The van der Waals surface area contributed by atoms with Gasteiger partial charge in [0.1, 0.15) is 48.4 Å². The number of aromatic amines is 2. The molecule has 4 N–H and O–H groups in total. The van der Waals surface area contributed by atoms with Crippen molar-refractivity contribution in [3.05, 3.63) is 59.4 Å². The molecule has 0 aliphatic carbocycles. The SMILES string of the molecule is COC[C@H]1C[C@@H](c2ncc(-c3cc4c5c(c3)OCc3cc(-c6cnc(C7CC[C@H](C)N7C(=O)[C@@H](NC(=O)OC)C(C)C)[nH]6)cc(c3-5)OC4)[nH]2)N(C(=O)[C@@H](NC(=O)OC)C(C)C)C1. The van der Waals surface area contributed by atoms with E-state index in [1.54, 1.807) is 24.4 Å². The summed E-state index contributed by atoms with van der Waals surface area (Å²) in [7, 11) is 4.22. The number of H-pyrrole nitrogens is 2. The Balaban J connectivity index is 1.03. The first kappa shape index (κ1) is 42.6. The van der Waals surface area contributed by atoms with Gasteiger partial charge in [-0.15, -0.1) is 0 Å². The van der Waals surface area contributed by atoms with Crippen LogP contribution in [0.25, 0.3) is 33.6 Å². The number of amides is 4. The molecule has 0 radical (unpaired) electrons. The summed E-state index contributed by atoms with van der Waals surface area (Å²) in [5.74, 6) is 2.25. The zero-order valence-corrected chi connectivity index (χ0v) is 36.5. The van der Waals surface area contributed by atoms with E-state index in [1.807, 2.05) is 51.7 Å². The second-order valence-electron chi connectivity index (χ2n) is 17.4. The van der Waals surface area contributed by atoms with Crippen LogP contribution in [0, 0.1) is 17.8 Å². The quantitative estimate of drug-likeness (QED) is 0.125. The van der Waals surface area contributed by atoms with Gasteiger partial charge in [0.15, 0.2) is 0 Å². The van der Waals surface area contributed by atoms with Crippen LogP contribution in [0.5, 0.6) is 11.5 Å². The second kappa shape index (κ2) is 17.3. The molecule has 62 heavy (non-hydrogen) atoms. The summed E-state index contributed by atoms with van der Waals surface area (Å²) >= 11 is 0. The Kier molecular flexibility index (Phi) is 11.9. The summed E-state index contributed by atoms with van der Waals surface area (Å²) in [5.41, 5.74) is 7.28. The first-order valence-corrected chi connectivity index (χ1v) is 21.3. The third kappa shape index (κ3) is 7.93. The fourth-order valence-corrected chi connectivity index (χ4v) is 9.44. The molecule has 4 aliphatic heterocycles. The van der Waals surface area contributed by atoms with Crippen molar-refractivity contribution in [3.63, 3.8) is 0 Å². The molecule has 2 aromatic carbocycles. The Bertz CT molecular complexity index is 2310. The molecule has 4 aliphatic rings. The van der Waals surface area contributed by atoms with E-state index >= 15 is 0 Å². The summed E-state index contributed by atoms with van der Waals surface area (Å²) in [6, 6.07) is 6.06. The van der Waals surface area contributed by atoms with Gasteiger partial charge in [-0.25, -0.2) is 19.6 Å². The van der Waals surface area contributed by atoms with Gasteiger partial charge >= 0.3 is 12.2 Å². The first-order chi connectivity index (χ1) is 29.8. The summed E-state index contributed by atoms with van der Waals surface area (Å²) < 4.78 is 28.0. The fraction of sp³-hybridized carbons (Fsp3) is 0.511. The van der Waals surface area contributed by atoms with E-state index in [0.717, 1.165) is 69.1 Å². The molecule has 0 bridgehead atoms. The van der Waals surface area contributed by atoms with Gasteiger partial charge in [0, 0.05) is 59.0 Å². The van der Waals surface area contributed by atoms with Gasteiger partial charge in [-0.2, -0.15) is 0 Å². The van der Waals surface area contributed by atoms with Crippen molar-refractivity contribution in [3.8, 4) is 45.1 Å². The van der Waals surface area contributed by atoms with E-state index in [-0.39, 0.29) is 47.7 Å². The van der Waals surface area contributed by atoms with Gasteiger partial charge in [-0.3, -0.25) is 9.59 Å². The number of likely N-dealkylation sites (tertiary alicyclic amines) is 2. The van der Waals surface area contributed by atoms with Crippen LogP contribution in [0.3, 0.4) is 0 Å². The molecule has 2 aromatic heterocycles. The first-order valence-electron chi connectivity index (χ1n) is 21.3. The van der Waals surface area contributed by atoms with E-state index in [9.17, 15) is 19.2 Å². The number of hydrogen-bond donors (Lipinski definition) is 4. The van der Waals surface area contributed by atoms with Crippen molar-refractivity contribution in [2.24, 2.45) is 17.8 Å². The maximum absolute atomic E-state index is 14.0. The molecule has 4 aromatic rings. The van der Waals surface area contributed by atoms with Crippen LogP contribution in [0.15, 0.2) is 36.7 Å². The van der Waals surface area contributed by atoms with E-state index in [1.165, 1.54) is 14.2 Å². The Labute approximate surface area is 360 Å². The third-order valence-corrected chi connectivity index (χ3v) is 12.6. The molecule has 1 unspecified atom stereocenters. The molecular weight excluding hydrogens is 797 g/mol. The van der Waals surface area contributed by atoms with E-state index in [4.69, 9.17) is 33.7 Å². The van der Waals surface area contributed by atoms with Gasteiger partial charge < -0.3 is 54.1 Å². The van der Waals surface area contributed by atoms with E-state index in [0.29, 0.717) is 44.4 Å². The molecule has 6 heterocycles. The second-order valence-corrected chi connectivity index (χ2v) is 17.4. The van der Waals surface area contributed by atoms with Crippen molar-refractivity contribution in [2.75, 3.05) is 34.5 Å². The fourth-order valence-electron chi connectivity index (χ4n) is 9.44. The predicted octanol–water partition coefficient (Wildman–Crippen LogP) is 6.27. The highest BCUT2D eigenvalue weighted by Gasteiger charge is 2.43. The van der Waals surface area contributed by atoms with Crippen molar-refractivity contribution in [1.82, 2.24) is 40.4 Å². The number of carbonyl (C=O) groups is 4. The summed E-state index contributed by atoms with van der Waals surface area (Å²) in [5, 5.41) is 5.44. The minimum absolute atomic E-state index is 0.0337. The van der Waals surface area contributed by atoms with Crippen LogP contribution < -0.4 is 20.1 Å². The molecule has 17 heteroatoms. The van der Waals surface area contributed by atoms with Crippen LogP contribution in [-0.4, -0.2) is 106 Å². The summed E-state index contributed by atoms with van der Waals surface area (Å²) in [6.07, 6.45) is 4.46. The number of hydrogen-bond acceptors (Lipinski definition) is 11. The molecule has 17 nitrogen and oxygen atoms in total. The highest BCUT2D eigenvalue weighted by Crippen LogP contribution is 2.51.